The van der Waals surface area contributed by atoms with E-state index < -0.39 is 0 Å². The minimum atomic E-state index is 0.446. The van der Waals surface area contributed by atoms with Gasteiger partial charge in [-0.05, 0) is 0 Å². The van der Waals surface area contributed by atoms with Crippen molar-refractivity contribution in [2.75, 3.05) is 38.3 Å². The fourth-order valence-corrected chi connectivity index (χ4v) is 0.761. The normalized spacial score (nSPS) is 9.42. The Hall–Kier alpha value is -0.290. The largest absolute Gasteiger partial charge is 0.378 e. The van der Waals surface area contributed by atoms with Gasteiger partial charge in [-0.25, -0.2) is 0 Å². The Morgan fingerprint density at radius 2 is 1.83 bits per heavy atom. The van der Waals surface area contributed by atoms with E-state index in [1.165, 1.54) is 0 Å². The van der Waals surface area contributed by atoms with Crippen LogP contribution in [0.5, 0.6) is 0 Å². The predicted molar refractivity (Wildman–Crippen MR) is 47.6 cm³/mol. The van der Waals surface area contributed by atoms with Gasteiger partial charge in [0.05, 0.1) is 26.4 Å². The van der Waals surface area contributed by atoms with E-state index in [9.17, 15) is 0 Å². The van der Waals surface area contributed by atoms with Gasteiger partial charge in [0.25, 0.3) is 0 Å². The molecule has 0 aromatic rings. The zero-order valence-electron chi connectivity index (χ0n) is 6.83. The zero-order valence-corrected chi connectivity index (χ0v) is 8.42. The molecule has 0 aliphatic heterocycles. The zero-order chi connectivity index (χ0) is 9.07. The van der Waals surface area contributed by atoms with E-state index in [-0.39, 0.29) is 0 Å². The number of hydrogen-bond acceptors (Lipinski definition) is 4. The summed E-state index contributed by atoms with van der Waals surface area (Å²) in [6, 6.07) is 0. The van der Waals surface area contributed by atoms with Crippen LogP contribution in [0, 0.1) is 5.53 Å². The van der Waals surface area contributed by atoms with Gasteiger partial charge in [-0.3, -0.25) is 0 Å². The molecular weight excluding hydrogens is 226 g/mol. The van der Waals surface area contributed by atoms with Gasteiger partial charge in [0.2, 0.25) is 4.91 Å². The molecule has 70 valence electrons. The molecule has 0 saturated heterocycles. The van der Waals surface area contributed by atoms with Gasteiger partial charge in [-0.2, -0.15) is 0 Å². The van der Waals surface area contributed by atoms with Crippen molar-refractivity contribution in [1.82, 2.24) is 4.91 Å². The maximum atomic E-state index is 6.35. The Kier molecular flexibility index (Phi) is 10.5. The molecule has 0 spiro atoms. The molecule has 0 aromatic heterocycles. The second kappa shape index (κ2) is 10.7. The molecule has 0 amide bonds. The molecule has 0 saturated carbocycles. The summed E-state index contributed by atoms with van der Waals surface area (Å²) >= 11 is 3.24. The van der Waals surface area contributed by atoms with E-state index in [2.05, 4.69) is 26.0 Å². The van der Waals surface area contributed by atoms with E-state index >= 15 is 0 Å². The lowest BCUT2D eigenvalue weighted by atomic mass is 10.7. The van der Waals surface area contributed by atoms with E-state index in [0.717, 1.165) is 5.33 Å². The molecular formula is C6H13BrN3O2+. The molecule has 0 fully saturated rings. The monoisotopic (exact) mass is 238 g/mol. The molecule has 0 aliphatic carbocycles. The van der Waals surface area contributed by atoms with Crippen LogP contribution in [0.15, 0.2) is 5.11 Å². The Morgan fingerprint density at radius 3 is 2.42 bits per heavy atom. The van der Waals surface area contributed by atoms with E-state index in [1.807, 2.05) is 0 Å². The van der Waals surface area contributed by atoms with Crippen molar-refractivity contribution in [2.24, 2.45) is 5.11 Å². The number of hydrogen-bond donors (Lipinski definition) is 1. The quantitative estimate of drug-likeness (QED) is 0.296. The molecule has 0 radical (unpaired) electrons. The van der Waals surface area contributed by atoms with Crippen LogP contribution >= 0.6 is 15.9 Å². The van der Waals surface area contributed by atoms with Crippen molar-refractivity contribution in [3.8, 4) is 0 Å². The average molecular weight is 239 g/mol. The second-order valence-electron chi connectivity index (χ2n) is 1.88. The van der Waals surface area contributed by atoms with Crippen LogP contribution in [-0.2, 0) is 9.47 Å². The molecule has 1 N–H and O–H groups in total. The molecule has 12 heavy (non-hydrogen) atoms. The summed E-state index contributed by atoms with van der Waals surface area (Å²) in [6.07, 6.45) is 0. The van der Waals surface area contributed by atoms with Gasteiger partial charge >= 0.3 is 0 Å². The van der Waals surface area contributed by atoms with Crippen LogP contribution in [0.25, 0.3) is 0 Å². The molecule has 0 bridgehead atoms. The first-order valence-electron chi connectivity index (χ1n) is 3.66. The fourth-order valence-electron chi connectivity index (χ4n) is 0.532. The third-order valence-electron chi connectivity index (χ3n) is 1.000. The maximum Gasteiger partial charge on any atom is 0.214 e. The number of nitrogens with one attached hydrogen (secondary N) is 1. The van der Waals surface area contributed by atoms with Crippen LogP contribution in [-0.4, -0.2) is 38.3 Å². The number of ether oxygens (including phenoxy) is 2. The minimum absolute atomic E-state index is 0.446. The highest BCUT2D eigenvalue weighted by molar-refractivity contribution is 9.09. The third kappa shape index (κ3) is 9.71. The summed E-state index contributed by atoms with van der Waals surface area (Å²) < 4.78 is 10.2. The molecule has 0 heterocycles. The smallest absolute Gasteiger partial charge is 0.214 e. The molecule has 0 atom stereocenters. The number of nitrogens with zero attached hydrogens (tertiary/aromatic N) is 2. The van der Waals surface area contributed by atoms with E-state index in [4.69, 9.17) is 15.0 Å². The van der Waals surface area contributed by atoms with Gasteiger partial charge in [-0.1, -0.05) is 15.9 Å². The summed E-state index contributed by atoms with van der Waals surface area (Å²) in [6.45, 7) is 2.82. The van der Waals surface area contributed by atoms with Crippen LogP contribution in [0.3, 0.4) is 0 Å². The lowest BCUT2D eigenvalue weighted by Gasteiger charge is -2.01. The van der Waals surface area contributed by atoms with Crippen molar-refractivity contribution >= 4 is 15.9 Å². The fraction of sp³-hybridized carbons (Fsp3) is 1.00. The lowest BCUT2D eigenvalue weighted by Crippen LogP contribution is -2.07. The Balaban J connectivity index is 2.86. The standard InChI is InChI=1S/C6H13BrN3O2/c7-1-3-11-5-6-12-4-2-9-10-8/h8H,1-6H2/q+1. The molecule has 0 aliphatic rings. The van der Waals surface area contributed by atoms with Crippen LogP contribution in [0.4, 0.5) is 0 Å². The molecule has 0 rings (SSSR count). The average Bonchev–Trinajstić information content (AvgIpc) is 2.10. The highest BCUT2D eigenvalue weighted by atomic mass is 79.9. The Bertz CT molecular complexity index is 139. The summed E-state index contributed by atoms with van der Waals surface area (Å²) in [5.74, 6) is 0. The van der Waals surface area contributed by atoms with Gasteiger partial charge in [0, 0.05) is 5.33 Å². The SMILES string of the molecule is N=[N+]=NCCOCCOCCBr. The number of alkyl halides is 1. The van der Waals surface area contributed by atoms with Crippen LogP contribution in [0.2, 0.25) is 0 Å². The molecule has 0 unspecified atom stereocenters. The minimum Gasteiger partial charge on any atom is -0.378 e. The highest BCUT2D eigenvalue weighted by Crippen LogP contribution is 1.82. The van der Waals surface area contributed by atoms with Gasteiger partial charge < -0.3 is 9.47 Å². The number of halogens is 1. The van der Waals surface area contributed by atoms with Crippen LogP contribution in [0.1, 0.15) is 0 Å². The van der Waals surface area contributed by atoms with Crippen molar-refractivity contribution in [2.45, 2.75) is 0 Å². The third-order valence-corrected chi connectivity index (χ3v) is 1.32. The van der Waals surface area contributed by atoms with Gasteiger partial charge in [0.15, 0.2) is 0 Å². The van der Waals surface area contributed by atoms with Crippen molar-refractivity contribution in [3.05, 3.63) is 0 Å². The van der Waals surface area contributed by atoms with Crippen molar-refractivity contribution in [1.29, 1.82) is 5.53 Å². The lowest BCUT2D eigenvalue weighted by molar-refractivity contribution is 0.0570. The van der Waals surface area contributed by atoms with E-state index in [0.29, 0.717) is 33.0 Å². The van der Waals surface area contributed by atoms with E-state index in [1.54, 1.807) is 0 Å². The summed E-state index contributed by atoms with van der Waals surface area (Å²) in [4.78, 5) is 2.84. The molecule has 6 heteroatoms. The topological polar surface area (TPSA) is 68.8 Å². The number of rotatable bonds is 8. The molecule has 0 aromatic carbocycles. The van der Waals surface area contributed by atoms with Crippen LogP contribution < -0.4 is 4.91 Å². The summed E-state index contributed by atoms with van der Waals surface area (Å²) in [7, 11) is 0. The first-order valence-corrected chi connectivity index (χ1v) is 4.78. The molecule has 5 nitrogen and oxygen atoms in total. The predicted octanol–water partition coefficient (Wildman–Crippen LogP) is 0.965. The first kappa shape index (κ1) is 11.7. The Labute approximate surface area is 79.8 Å². The summed E-state index contributed by atoms with van der Waals surface area (Å²) in [5.41, 5.74) is 6.35. The first-order chi connectivity index (χ1) is 5.91. The highest BCUT2D eigenvalue weighted by Gasteiger charge is 1.90. The van der Waals surface area contributed by atoms with Gasteiger partial charge in [-0.15, -0.1) is 0 Å². The summed E-state index contributed by atoms with van der Waals surface area (Å²) in [5, 5.41) is 4.27. The van der Waals surface area contributed by atoms with Crippen molar-refractivity contribution in [3.63, 3.8) is 0 Å². The van der Waals surface area contributed by atoms with Gasteiger partial charge in [0.1, 0.15) is 17.2 Å². The van der Waals surface area contributed by atoms with Crippen molar-refractivity contribution < 1.29 is 9.47 Å². The second-order valence-corrected chi connectivity index (χ2v) is 2.67. The maximum absolute atomic E-state index is 6.35. The Morgan fingerprint density at radius 1 is 1.17 bits per heavy atom.